The summed E-state index contributed by atoms with van der Waals surface area (Å²) in [6.07, 6.45) is 2.04. The molecule has 1 aromatic rings. The average Bonchev–Trinajstić information content (AvgIpc) is 2.07. The van der Waals surface area contributed by atoms with Crippen LogP contribution in [-0.2, 0) is 0 Å². The molecule has 1 aromatic carbocycles. The van der Waals surface area contributed by atoms with Gasteiger partial charge in [-0.3, -0.25) is 0 Å². The Morgan fingerprint density at radius 1 is 1.27 bits per heavy atom. The Hall–Kier alpha value is -0.510. The van der Waals surface area contributed by atoms with Crippen molar-refractivity contribution in [2.24, 2.45) is 0 Å². The van der Waals surface area contributed by atoms with Gasteiger partial charge in [-0.2, -0.15) is 0 Å². The fraction of sp³-hybridized carbons (Fsp3) is 0.111. The largest absolute Gasteiger partial charge is 0.497 e. The molecule has 11 heavy (non-hydrogen) atoms. The highest BCUT2D eigenvalue weighted by Crippen LogP contribution is 2.12. The molecule has 0 aliphatic rings. The third-order valence-electron chi connectivity index (χ3n) is 1.37. The SMILES string of the molecule is COc1ccc(C=CI)cc1. The quantitative estimate of drug-likeness (QED) is 0.742. The summed E-state index contributed by atoms with van der Waals surface area (Å²) in [7, 11) is 1.67. The highest BCUT2D eigenvalue weighted by Gasteiger charge is 1.88. The van der Waals surface area contributed by atoms with Gasteiger partial charge in [0.05, 0.1) is 7.11 Å². The molecule has 0 heterocycles. The Labute approximate surface area is 80.2 Å². The van der Waals surface area contributed by atoms with Crippen molar-refractivity contribution in [1.82, 2.24) is 0 Å². The van der Waals surface area contributed by atoms with Crippen molar-refractivity contribution in [2.75, 3.05) is 7.11 Å². The van der Waals surface area contributed by atoms with Gasteiger partial charge >= 0.3 is 0 Å². The van der Waals surface area contributed by atoms with Crippen LogP contribution in [0.5, 0.6) is 5.75 Å². The summed E-state index contributed by atoms with van der Waals surface area (Å²) in [5, 5.41) is 0. The third-order valence-corrected chi connectivity index (χ3v) is 1.73. The summed E-state index contributed by atoms with van der Waals surface area (Å²) in [6, 6.07) is 7.94. The van der Waals surface area contributed by atoms with E-state index in [2.05, 4.69) is 22.6 Å². The smallest absolute Gasteiger partial charge is 0.118 e. The summed E-state index contributed by atoms with van der Waals surface area (Å²) < 4.78 is 7.01. The van der Waals surface area contributed by atoms with Crippen molar-refractivity contribution in [1.29, 1.82) is 0 Å². The van der Waals surface area contributed by atoms with E-state index in [1.807, 2.05) is 34.4 Å². The summed E-state index contributed by atoms with van der Waals surface area (Å²) >= 11 is 2.20. The minimum Gasteiger partial charge on any atom is -0.497 e. The summed E-state index contributed by atoms with van der Waals surface area (Å²) in [5.41, 5.74) is 1.19. The van der Waals surface area contributed by atoms with Crippen molar-refractivity contribution < 1.29 is 4.74 Å². The maximum absolute atomic E-state index is 5.02. The molecule has 0 radical (unpaired) electrons. The first kappa shape index (κ1) is 8.59. The molecule has 58 valence electrons. The van der Waals surface area contributed by atoms with Gasteiger partial charge in [-0.15, -0.1) is 0 Å². The van der Waals surface area contributed by atoms with Crippen molar-refractivity contribution in [2.45, 2.75) is 0 Å². The average molecular weight is 260 g/mol. The number of hydrogen-bond acceptors (Lipinski definition) is 1. The van der Waals surface area contributed by atoms with Gasteiger partial charge in [-0.1, -0.05) is 34.7 Å². The molecular formula is C9H9IO. The van der Waals surface area contributed by atoms with Crippen molar-refractivity contribution in [3.8, 4) is 5.75 Å². The second-order valence-electron chi connectivity index (χ2n) is 2.07. The lowest BCUT2D eigenvalue weighted by Crippen LogP contribution is -1.80. The second-order valence-corrected chi connectivity index (χ2v) is 2.78. The normalized spacial score (nSPS) is 10.4. The van der Waals surface area contributed by atoms with Gasteiger partial charge in [-0.25, -0.2) is 0 Å². The molecule has 0 atom stereocenters. The molecule has 0 fully saturated rings. The lowest BCUT2D eigenvalue weighted by Gasteiger charge is -1.98. The first-order chi connectivity index (χ1) is 5.36. The molecule has 0 aromatic heterocycles. The lowest BCUT2D eigenvalue weighted by molar-refractivity contribution is 0.415. The Morgan fingerprint density at radius 2 is 1.91 bits per heavy atom. The monoisotopic (exact) mass is 260 g/mol. The molecular weight excluding hydrogens is 251 g/mol. The molecule has 0 spiro atoms. The highest BCUT2D eigenvalue weighted by atomic mass is 127. The van der Waals surface area contributed by atoms with E-state index in [1.165, 1.54) is 5.56 Å². The van der Waals surface area contributed by atoms with Crippen molar-refractivity contribution in [3.05, 3.63) is 33.9 Å². The zero-order valence-electron chi connectivity index (χ0n) is 6.25. The predicted octanol–water partition coefficient (Wildman–Crippen LogP) is 3.10. The number of benzene rings is 1. The van der Waals surface area contributed by atoms with E-state index >= 15 is 0 Å². The molecule has 0 unspecified atom stereocenters. The standard InChI is InChI=1S/C9H9IO/c1-11-9-4-2-8(3-5-9)6-7-10/h2-7H,1H3. The Morgan fingerprint density at radius 3 is 2.36 bits per heavy atom. The summed E-state index contributed by atoms with van der Waals surface area (Å²) in [4.78, 5) is 0. The Balaban J connectivity index is 2.82. The van der Waals surface area contributed by atoms with Crippen LogP contribution in [0.15, 0.2) is 28.3 Å². The van der Waals surface area contributed by atoms with E-state index in [0.717, 1.165) is 5.75 Å². The van der Waals surface area contributed by atoms with Gasteiger partial charge in [0.25, 0.3) is 0 Å². The van der Waals surface area contributed by atoms with Crippen LogP contribution in [0, 0.1) is 0 Å². The molecule has 1 rings (SSSR count). The zero-order chi connectivity index (χ0) is 8.10. The molecule has 2 heteroatoms. The van der Waals surface area contributed by atoms with Crippen LogP contribution in [-0.4, -0.2) is 7.11 Å². The maximum atomic E-state index is 5.02. The molecule has 0 saturated carbocycles. The summed E-state index contributed by atoms with van der Waals surface area (Å²) in [5.74, 6) is 0.899. The van der Waals surface area contributed by atoms with Gasteiger partial charge in [0, 0.05) is 0 Å². The van der Waals surface area contributed by atoms with Crippen LogP contribution >= 0.6 is 22.6 Å². The Kier molecular flexibility index (Phi) is 3.42. The number of methoxy groups -OCH3 is 1. The van der Waals surface area contributed by atoms with Crippen molar-refractivity contribution in [3.63, 3.8) is 0 Å². The van der Waals surface area contributed by atoms with Crippen LogP contribution in [0.25, 0.3) is 6.08 Å². The van der Waals surface area contributed by atoms with Gasteiger partial charge in [-0.05, 0) is 27.9 Å². The van der Waals surface area contributed by atoms with Crippen molar-refractivity contribution >= 4 is 28.7 Å². The Bertz CT molecular complexity index is 238. The van der Waals surface area contributed by atoms with E-state index in [9.17, 15) is 0 Å². The van der Waals surface area contributed by atoms with E-state index < -0.39 is 0 Å². The predicted molar refractivity (Wildman–Crippen MR) is 56.0 cm³/mol. The van der Waals surface area contributed by atoms with Gasteiger partial charge in [0.2, 0.25) is 0 Å². The first-order valence-corrected chi connectivity index (χ1v) is 4.52. The molecule has 1 nitrogen and oxygen atoms in total. The maximum Gasteiger partial charge on any atom is 0.118 e. The minimum absolute atomic E-state index is 0.899. The first-order valence-electron chi connectivity index (χ1n) is 3.27. The van der Waals surface area contributed by atoms with Crippen LogP contribution in [0.1, 0.15) is 5.56 Å². The molecule has 0 amide bonds. The molecule has 0 saturated heterocycles. The second kappa shape index (κ2) is 4.38. The molecule has 0 aliphatic carbocycles. The van der Waals surface area contributed by atoms with Gasteiger partial charge in [0.1, 0.15) is 5.75 Å². The fourth-order valence-corrected chi connectivity index (χ4v) is 1.20. The number of ether oxygens (including phenoxy) is 1. The topological polar surface area (TPSA) is 9.23 Å². The fourth-order valence-electron chi connectivity index (χ4n) is 0.788. The molecule has 0 N–H and O–H groups in total. The van der Waals surface area contributed by atoms with E-state index in [1.54, 1.807) is 7.11 Å². The lowest BCUT2D eigenvalue weighted by atomic mass is 10.2. The van der Waals surface area contributed by atoms with Crippen LogP contribution in [0.3, 0.4) is 0 Å². The van der Waals surface area contributed by atoms with Crippen LogP contribution < -0.4 is 4.74 Å². The highest BCUT2D eigenvalue weighted by molar-refractivity contribution is 14.1. The minimum atomic E-state index is 0.899. The van der Waals surface area contributed by atoms with E-state index in [-0.39, 0.29) is 0 Å². The molecule has 0 bridgehead atoms. The van der Waals surface area contributed by atoms with Crippen LogP contribution in [0.4, 0.5) is 0 Å². The van der Waals surface area contributed by atoms with E-state index in [0.29, 0.717) is 0 Å². The number of hydrogen-bond donors (Lipinski definition) is 0. The number of rotatable bonds is 2. The van der Waals surface area contributed by atoms with Crippen LogP contribution in [0.2, 0.25) is 0 Å². The van der Waals surface area contributed by atoms with Gasteiger partial charge < -0.3 is 4.74 Å². The summed E-state index contributed by atoms with van der Waals surface area (Å²) in [6.45, 7) is 0. The number of halogens is 1. The molecule has 0 aliphatic heterocycles. The third kappa shape index (κ3) is 2.54. The van der Waals surface area contributed by atoms with E-state index in [4.69, 9.17) is 4.74 Å². The van der Waals surface area contributed by atoms with Gasteiger partial charge in [0.15, 0.2) is 0 Å². The zero-order valence-corrected chi connectivity index (χ0v) is 8.41.